The maximum atomic E-state index is 11.6. The predicted octanol–water partition coefficient (Wildman–Crippen LogP) is 3.27. The second-order valence-electron chi connectivity index (χ2n) is 5.41. The normalized spacial score (nSPS) is 9.57. The predicted molar refractivity (Wildman–Crippen MR) is 83.8 cm³/mol. The minimum atomic E-state index is -0.594. The van der Waals surface area contributed by atoms with Crippen molar-refractivity contribution in [3.05, 3.63) is 35.5 Å². The number of carbonyl (C=O) groups is 1. The summed E-state index contributed by atoms with van der Waals surface area (Å²) in [5.74, 6) is 0. The molecule has 0 aliphatic rings. The molecule has 0 saturated heterocycles. The summed E-state index contributed by atoms with van der Waals surface area (Å²) in [5.41, 5.74) is -0.0260. The molecule has 1 amide bonds. The number of allylic oxidation sites excluding steroid dienone is 2. The van der Waals surface area contributed by atoms with E-state index in [0.29, 0.717) is 11.4 Å². The minimum absolute atomic E-state index is 0.136. The van der Waals surface area contributed by atoms with Gasteiger partial charge in [-0.2, -0.15) is 15.8 Å². The van der Waals surface area contributed by atoms with Crippen LogP contribution in [0, 0.1) is 34.0 Å². The fourth-order valence-electron chi connectivity index (χ4n) is 1.49. The lowest BCUT2D eigenvalue weighted by Gasteiger charge is -2.19. The zero-order valence-electron chi connectivity index (χ0n) is 13.0. The van der Waals surface area contributed by atoms with Crippen LogP contribution in [0.3, 0.4) is 0 Å². The van der Waals surface area contributed by atoms with E-state index in [1.165, 1.54) is 0 Å². The van der Waals surface area contributed by atoms with Crippen LogP contribution in [0.25, 0.3) is 0 Å². The molecule has 1 rings (SSSR count). The Kier molecular flexibility index (Phi) is 5.72. The summed E-state index contributed by atoms with van der Waals surface area (Å²) in [4.78, 5) is 11.6. The molecule has 0 atom stereocenters. The standard InChI is InChI=1S/C16H15N5O2/c1-16(2,3)23-15(22)21-13-6-4-12(5-7-13)20-14(10-19)11(8-17)9-18/h4-7,20H,1-3H3,(H,21,22). The lowest BCUT2D eigenvalue weighted by atomic mass is 10.2. The van der Waals surface area contributed by atoms with Crippen molar-refractivity contribution < 1.29 is 9.53 Å². The van der Waals surface area contributed by atoms with Crippen molar-refractivity contribution >= 4 is 17.5 Å². The Morgan fingerprint density at radius 1 is 0.957 bits per heavy atom. The largest absolute Gasteiger partial charge is 0.444 e. The molecule has 7 nitrogen and oxygen atoms in total. The number of rotatable bonds is 3. The SMILES string of the molecule is CC(C)(C)OC(=O)Nc1ccc(NC(C#N)=C(C#N)C#N)cc1. The van der Waals surface area contributed by atoms with E-state index in [2.05, 4.69) is 10.6 Å². The molecule has 0 aromatic heterocycles. The van der Waals surface area contributed by atoms with Gasteiger partial charge in [0.1, 0.15) is 29.5 Å². The molecular formula is C16H15N5O2. The van der Waals surface area contributed by atoms with E-state index >= 15 is 0 Å². The molecule has 1 aromatic rings. The molecule has 7 heteroatoms. The molecule has 2 N–H and O–H groups in total. The van der Waals surface area contributed by atoms with Crippen LogP contribution in [-0.4, -0.2) is 11.7 Å². The third-order valence-corrected chi connectivity index (χ3v) is 2.38. The first-order valence-corrected chi connectivity index (χ1v) is 6.60. The summed E-state index contributed by atoms with van der Waals surface area (Å²) in [6.45, 7) is 5.28. The first kappa shape index (κ1) is 17.6. The Morgan fingerprint density at radius 2 is 1.43 bits per heavy atom. The van der Waals surface area contributed by atoms with Crippen LogP contribution in [0.5, 0.6) is 0 Å². The number of nitriles is 3. The highest BCUT2D eigenvalue weighted by atomic mass is 16.6. The fourth-order valence-corrected chi connectivity index (χ4v) is 1.49. The number of nitrogens with zero attached hydrogens (tertiary/aromatic N) is 3. The first-order chi connectivity index (χ1) is 10.8. The van der Waals surface area contributed by atoms with E-state index in [1.807, 2.05) is 0 Å². The molecule has 0 radical (unpaired) electrons. The number of carbonyl (C=O) groups excluding carboxylic acids is 1. The van der Waals surface area contributed by atoms with Crippen LogP contribution >= 0.6 is 0 Å². The van der Waals surface area contributed by atoms with Crippen molar-refractivity contribution in [1.29, 1.82) is 15.8 Å². The molecule has 0 saturated carbocycles. The van der Waals surface area contributed by atoms with Gasteiger partial charge in [-0.25, -0.2) is 4.79 Å². The average Bonchev–Trinajstić information content (AvgIpc) is 2.47. The van der Waals surface area contributed by atoms with E-state index < -0.39 is 11.7 Å². The minimum Gasteiger partial charge on any atom is -0.444 e. The van der Waals surface area contributed by atoms with Crippen molar-refractivity contribution in [3.63, 3.8) is 0 Å². The Hall–Kier alpha value is -3.50. The number of ether oxygens (including phenoxy) is 1. The van der Waals surface area contributed by atoms with Crippen molar-refractivity contribution in [3.8, 4) is 18.2 Å². The molecule has 23 heavy (non-hydrogen) atoms. The summed E-state index contributed by atoms with van der Waals surface area (Å²) in [6, 6.07) is 11.4. The third kappa shape index (κ3) is 5.79. The number of benzene rings is 1. The summed E-state index contributed by atoms with van der Waals surface area (Å²) < 4.78 is 5.13. The molecular weight excluding hydrogens is 294 g/mol. The smallest absolute Gasteiger partial charge is 0.412 e. The highest BCUT2D eigenvalue weighted by Crippen LogP contribution is 2.17. The molecule has 0 heterocycles. The van der Waals surface area contributed by atoms with Gasteiger partial charge in [-0.1, -0.05) is 0 Å². The second kappa shape index (κ2) is 7.49. The zero-order valence-corrected chi connectivity index (χ0v) is 13.0. The van der Waals surface area contributed by atoms with Gasteiger partial charge in [0.2, 0.25) is 0 Å². The van der Waals surface area contributed by atoms with Gasteiger partial charge in [0, 0.05) is 11.4 Å². The average molecular weight is 309 g/mol. The van der Waals surface area contributed by atoms with Crippen molar-refractivity contribution in [2.45, 2.75) is 26.4 Å². The molecule has 0 aliphatic carbocycles. The first-order valence-electron chi connectivity index (χ1n) is 6.60. The van der Waals surface area contributed by atoms with Gasteiger partial charge in [0.15, 0.2) is 5.57 Å². The third-order valence-electron chi connectivity index (χ3n) is 2.38. The molecule has 0 aliphatic heterocycles. The molecule has 0 spiro atoms. The van der Waals surface area contributed by atoms with Gasteiger partial charge in [0.25, 0.3) is 0 Å². The van der Waals surface area contributed by atoms with Gasteiger partial charge < -0.3 is 10.1 Å². The van der Waals surface area contributed by atoms with E-state index in [1.54, 1.807) is 63.2 Å². The number of anilines is 2. The van der Waals surface area contributed by atoms with Crippen molar-refractivity contribution in [1.82, 2.24) is 0 Å². The van der Waals surface area contributed by atoms with Crippen LogP contribution in [0.15, 0.2) is 35.5 Å². The van der Waals surface area contributed by atoms with Crippen molar-refractivity contribution in [2.75, 3.05) is 10.6 Å². The zero-order chi connectivity index (χ0) is 17.5. The molecule has 0 bridgehead atoms. The van der Waals surface area contributed by atoms with E-state index in [4.69, 9.17) is 20.5 Å². The van der Waals surface area contributed by atoms with Crippen LogP contribution in [0.1, 0.15) is 20.8 Å². The lowest BCUT2D eigenvalue weighted by molar-refractivity contribution is 0.0636. The van der Waals surface area contributed by atoms with Crippen LogP contribution < -0.4 is 10.6 Å². The van der Waals surface area contributed by atoms with E-state index in [-0.39, 0.29) is 11.3 Å². The molecule has 0 fully saturated rings. The Bertz CT molecular complexity index is 721. The van der Waals surface area contributed by atoms with Gasteiger partial charge >= 0.3 is 6.09 Å². The number of amides is 1. The second-order valence-corrected chi connectivity index (χ2v) is 5.41. The Balaban J connectivity index is 2.81. The van der Waals surface area contributed by atoms with Crippen LogP contribution in [0.2, 0.25) is 0 Å². The van der Waals surface area contributed by atoms with Crippen LogP contribution in [-0.2, 0) is 4.74 Å². The number of nitrogens with one attached hydrogen (secondary N) is 2. The number of hydrogen-bond acceptors (Lipinski definition) is 6. The summed E-state index contributed by atoms with van der Waals surface area (Å²) in [5, 5.41) is 31.7. The lowest BCUT2D eigenvalue weighted by Crippen LogP contribution is -2.27. The van der Waals surface area contributed by atoms with Gasteiger partial charge in [0.05, 0.1) is 0 Å². The Labute approximate surface area is 134 Å². The highest BCUT2D eigenvalue weighted by Gasteiger charge is 2.16. The quantitative estimate of drug-likeness (QED) is 0.826. The summed E-state index contributed by atoms with van der Waals surface area (Å²) in [6.07, 6.45) is -0.577. The Morgan fingerprint density at radius 3 is 1.83 bits per heavy atom. The summed E-state index contributed by atoms with van der Waals surface area (Å²) in [7, 11) is 0. The number of hydrogen-bond donors (Lipinski definition) is 2. The van der Waals surface area contributed by atoms with E-state index in [0.717, 1.165) is 0 Å². The van der Waals surface area contributed by atoms with E-state index in [9.17, 15) is 4.79 Å². The van der Waals surface area contributed by atoms with Crippen molar-refractivity contribution in [2.24, 2.45) is 0 Å². The monoisotopic (exact) mass is 309 g/mol. The maximum Gasteiger partial charge on any atom is 0.412 e. The molecule has 116 valence electrons. The molecule has 1 aromatic carbocycles. The fraction of sp³-hybridized carbons (Fsp3) is 0.250. The van der Waals surface area contributed by atoms with Gasteiger partial charge in [-0.15, -0.1) is 0 Å². The maximum absolute atomic E-state index is 11.6. The van der Waals surface area contributed by atoms with Crippen LogP contribution in [0.4, 0.5) is 16.2 Å². The topological polar surface area (TPSA) is 122 Å². The molecule has 0 unspecified atom stereocenters. The van der Waals surface area contributed by atoms with Gasteiger partial charge in [-0.3, -0.25) is 5.32 Å². The van der Waals surface area contributed by atoms with Gasteiger partial charge in [-0.05, 0) is 45.0 Å². The summed E-state index contributed by atoms with van der Waals surface area (Å²) >= 11 is 0. The highest BCUT2D eigenvalue weighted by molar-refractivity contribution is 5.85.